The minimum absolute atomic E-state index is 0.231. The summed E-state index contributed by atoms with van der Waals surface area (Å²) in [7, 11) is 0. The molecule has 15 heavy (non-hydrogen) atoms. The Bertz CT molecular complexity index is 284. The highest BCUT2D eigenvalue weighted by Gasteiger charge is 2.25. The Morgan fingerprint density at radius 3 is 2.87 bits per heavy atom. The lowest BCUT2D eigenvalue weighted by atomic mass is 10.4. The van der Waals surface area contributed by atoms with E-state index in [9.17, 15) is 0 Å². The number of rotatable bonds is 3. The first-order chi connectivity index (χ1) is 7.15. The number of halogens is 1. The van der Waals surface area contributed by atoms with Crippen LogP contribution in [0, 0.1) is 0 Å². The van der Waals surface area contributed by atoms with E-state index in [0.29, 0.717) is 18.0 Å². The molecule has 0 radical (unpaired) electrons. The van der Waals surface area contributed by atoms with Crippen LogP contribution in [0.3, 0.4) is 0 Å². The van der Waals surface area contributed by atoms with Gasteiger partial charge in [-0.25, -0.2) is 14.4 Å². The average molecular weight is 230 g/mol. The normalized spacial score (nSPS) is 25.7. The van der Waals surface area contributed by atoms with Gasteiger partial charge in [-0.1, -0.05) is 0 Å². The summed E-state index contributed by atoms with van der Waals surface area (Å²) in [6.45, 7) is 4.11. The zero-order valence-corrected chi connectivity index (χ0v) is 9.70. The molecule has 0 aromatic carbocycles. The van der Waals surface area contributed by atoms with Crippen LogP contribution in [0.4, 0.5) is 0 Å². The van der Waals surface area contributed by atoms with Crippen molar-refractivity contribution in [2.24, 2.45) is 9.98 Å². The first-order valence-electron chi connectivity index (χ1n) is 5.24. The van der Waals surface area contributed by atoms with E-state index in [2.05, 4.69) is 34.5 Å². The van der Waals surface area contributed by atoms with Crippen LogP contribution in [0.2, 0.25) is 0 Å². The van der Waals surface area contributed by atoms with Crippen LogP contribution in [-0.2, 0) is 0 Å². The highest BCUT2D eigenvalue weighted by molar-refractivity contribution is 6.20. The first kappa shape index (κ1) is 10.7. The maximum atomic E-state index is 5.93. The lowest BCUT2D eigenvalue weighted by Gasteiger charge is -2.26. The minimum atomic E-state index is -0.231. The number of nitrogens with zero attached hydrogens (tertiary/aromatic N) is 3. The van der Waals surface area contributed by atoms with Gasteiger partial charge in [-0.15, -0.1) is 0 Å². The van der Waals surface area contributed by atoms with Gasteiger partial charge < -0.3 is 5.32 Å². The molecule has 1 unspecified atom stereocenters. The van der Waals surface area contributed by atoms with Crippen LogP contribution < -0.4 is 10.6 Å². The Hall–Kier alpha value is -0.810. The predicted molar refractivity (Wildman–Crippen MR) is 61.8 cm³/mol. The van der Waals surface area contributed by atoms with E-state index in [1.165, 1.54) is 17.3 Å². The molecule has 1 atom stereocenters. The van der Waals surface area contributed by atoms with E-state index in [1.54, 1.807) is 6.34 Å². The van der Waals surface area contributed by atoms with Crippen LogP contribution in [0.1, 0.15) is 26.7 Å². The fraction of sp³-hybridized carbons (Fsp3) is 0.778. The fourth-order valence-electron chi connectivity index (χ4n) is 1.27. The summed E-state index contributed by atoms with van der Waals surface area (Å²) in [6.07, 6.45) is 3.77. The van der Waals surface area contributed by atoms with Crippen LogP contribution in [0.15, 0.2) is 9.98 Å². The Balaban J connectivity index is 1.95. The van der Waals surface area contributed by atoms with E-state index in [1.807, 2.05) is 0 Å². The molecule has 0 bridgehead atoms. The molecule has 1 heterocycles. The second-order valence-corrected chi connectivity index (χ2v) is 4.55. The van der Waals surface area contributed by atoms with Gasteiger partial charge in [0.05, 0.1) is 0 Å². The predicted octanol–water partition coefficient (Wildman–Crippen LogP) is 0.874. The zero-order chi connectivity index (χ0) is 10.8. The second-order valence-electron chi connectivity index (χ2n) is 4.16. The van der Waals surface area contributed by atoms with Crippen molar-refractivity contribution in [2.45, 2.75) is 45.1 Å². The lowest BCUT2D eigenvalue weighted by Crippen LogP contribution is -2.46. The van der Waals surface area contributed by atoms with Gasteiger partial charge in [0.25, 0.3) is 0 Å². The van der Waals surface area contributed by atoms with Crippen molar-refractivity contribution in [3.05, 3.63) is 0 Å². The molecule has 2 rings (SSSR count). The molecule has 1 saturated carbocycles. The molecule has 84 valence electrons. The maximum Gasteiger partial charge on any atom is 0.222 e. The van der Waals surface area contributed by atoms with E-state index >= 15 is 0 Å². The van der Waals surface area contributed by atoms with Gasteiger partial charge in [0, 0.05) is 23.9 Å². The topological polar surface area (TPSA) is 52.0 Å². The highest BCUT2D eigenvalue weighted by Crippen LogP contribution is 2.19. The third-order valence-corrected chi connectivity index (χ3v) is 2.43. The van der Waals surface area contributed by atoms with Crippen LogP contribution in [0.25, 0.3) is 0 Å². The molecule has 1 aliphatic heterocycles. The summed E-state index contributed by atoms with van der Waals surface area (Å²) in [5.74, 6) is 0.674. The van der Waals surface area contributed by atoms with E-state index in [4.69, 9.17) is 11.8 Å². The highest BCUT2D eigenvalue weighted by atomic mass is 35.5. The van der Waals surface area contributed by atoms with Crippen LogP contribution in [-0.4, -0.2) is 35.1 Å². The molecule has 0 amide bonds. The molecular formula is C9H16ClN5. The SMILES string of the molecule is CC(C)NC1N=C(NC2CC2)N=CN1Cl. The van der Waals surface area contributed by atoms with Crippen molar-refractivity contribution < 1.29 is 0 Å². The Labute approximate surface area is 94.7 Å². The van der Waals surface area contributed by atoms with Crippen molar-refractivity contribution in [3.63, 3.8) is 0 Å². The molecule has 5 nitrogen and oxygen atoms in total. The molecule has 2 aliphatic rings. The van der Waals surface area contributed by atoms with Gasteiger partial charge in [-0.3, -0.25) is 5.32 Å². The Kier molecular flexibility index (Phi) is 3.11. The molecule has 0 aromatic heterocycles. The van der Waals surface area contributed by atoms with Gasteiger partial charge in [-0.2, -0.15) is 0 Å². The summed E-state index contributed by atoms with van der Waals surface area (Å²) in [5.41, 5.74) is 0. The molecule has 6 heteroatoms. The maximum absolute atomic E-state index is 5.93. The fourth-order valence-corrected chi connectivity index (χ4v) is 1.41. The number of guanidine groups is 1. The van der Waals surface area contributed by atoms with Gasteiger partial charge in [0.2, 0.25) is 5.96 Å². The van der Waals surface area contributed by atoms with Gasteiger partial charge in [-0.05, 0) is 26.7 Å². The van der Waals surface area contributed by atoms with Gasteiger partial charge in [0.1, 0.15) is 6.34 Å². The van der Waals surface area contributed by atoms with Crippen molar-refractivity contribution in [1.29, 1.82) is 0 Å². The van der Waals surface area contributed by atoms with Crippen LogP contribution >= 0.6 is 11.8 Å². The van der Waals surface area contributed by atoms with E-state index in [0.717, 1.165) is 0 Å². The smallest absolute Gasteiger partial charge is 0.222 e. The summed E-state index contributed by atoms with van der Waals surface area (Å²) < 4.78 is 1.44. The van der Waals surface area contributed by atoms with E-state index in [-0.39, 0.29) is 6.29 Å². The molecular weight excluding hydrogens is 214 g/mol. The number of hydrogen-bond acceptors (Lipinski definition) is 5. The zero-order valence-electron chi connectivity index (χ0n) is 8.94. The molecule has 0 aromatic rings. The van der Waals surface area contributed by atoms with E-state index < -0.39 is 0 Å². The molecule has 2 N–H and O–H groups in total. The number of nitrogens with one attached hydrogen (secondary N) is 2. The standard InChI is InChI=1S/C9H16ClN5/c1-6(2)12-9-14-8(11-5-15(9)10)13-7-3-4-7/h5-7,9,12H,3-4H2,1-2H3,(H,13,14). The molecule has 1 fully saturated rings. The van der Waals surface area contributed by atoms with Crippen molar-refractivity contribution in [2.75, 3.05) is 0 Å². The Morgan fingerprint density at radius 2 is 2.27 bits per heavy atom. The largest absolute Gasteiger partial charge is 0.352 e. The van der Waals surface area contributed by atoms with Gasteiger partial charge >= 0.3 is 0 Å². The molecule has 1 aliphatic carbocycles. The van der Waals surface area contributed by atoms with Crippen molar-refractivity contribution in [1.82, 2.24) is 15.1 Å². The number of aliphatic imine (C=N–C) groups is 2. The lowest BCUT2D eigenvalue weighted by molar-refractivity contribution is 0.362. The van der Waals surface area contributed by atoms with Crippen LogP contribution in [0.5, 0.6) is 0 Å². The summed E-state index contributed by atoms with van der Waals surface area (Å²) in [4.78, 5) is 8.49. The monoisotopic (exact) mass is 229 g/mol. The minimum Gasteiger partial charge on any atom is -0.352 e. The third-order valence-electron chi connectivity index (χ3n) is 2.16. The average Bonchev–Trinajstić information content (AvgIpc) is 2.94. The second kappa shape index (κ2) is 4.37. The first-order valence-corrected chi connectivity index (χ1v) is 5.57. The number of hydrogen-bond donors (Lipinski definition) is 2. The van der Waals surface area contributed by atoms with Crippen molar-refractivity contribution in [3.8, 4) is 0 Å². The molecule has 0 spiro atoms. The van der Waals surface area contributed by atoms with Crippen molar-refractivity contribution >= 4 is 24.1 Å². The summed E-state index contributed by atoms with van der Waals surface area (Å²) in [5, 5.41) is 6.47. The van der Waals surface area contributed by atoms with Gasteiger partial charge in [0.15, 0.2) is 6.29 Å². The molecule has 0 saturated heterocycles. The summed E-state index contributed by atoms with van der Waals surface area (Å²) >= 11 is 5.93. The summed E-state index contributed by atoms with van der Waals surface area (Å²) in [6, 6.07) is 0.885. The third kappa shape index (κ3) is 3.07. The quantitative estimate of drug-likeness (QED) is 0.707. The Morgan fingerprint density at radius 1 is 1.53 bits per heavy atom.